The normalized spacial score (nSPS) is 10.2. The molecule has 0 saturated heterocycles. The number of carbonyl (C=O) groups excluding carboxylic acids is 1. The highest BCUT2D eigenvalue weighted by Gasteiger charge is 2.21. The van der Waals surface area contributed by atoms with Crippen molar-refractivity contribution in [1.82, 2.24) is 0 Å². The van der Waals surface area contributed by atoms with Gasteiger partial charge in [0.1, 0.15) is 17.2 Å². The van der Waals surface area contributed by atoms with E-state index in [2.05, 4.69) is 15.9 Å². The Morgan fingerprint density at radius 3 is 3.00 bits per heavy atom. The standard InChI is InChI=1S/C12H8BrNO3/c1-2-16-12(15)11-9(6-14)8-4-3-7(13)5-10(8)17-11/h3-5H,2H2,1H3. The maximum atomic E-state index is 11.6. The van der Waals surface area contributed by atoms with Crippen LogP contribution in [0, 0.1) is 11.3 Å². The molecule has 0 spiro atoms. The smallest absolute Gasteiger partial charge is 0.375 e. The summed E-state index contributed by atoms with van der Waals surface area (Å²) >= 11 is 3.30. The Bertz CT molecular complexity index is 624. The van der Waals surface area contributed by atoms with Gasteiger partial charge in [-0.05, 0) is 25.1 Å². The largest absolute Gasteiger partial charge is 0.460 e. The number of benzene rings is 1. The fourth-order valence-electron chi connectivity index (χ4n) is 1.52. The van der Waals surface area contributed by atoms with E-state index in [4.69, 9.17) is 14.4 Å². The molecule has 1 heterocycles. The first-order valence-electron chi connectivity index (χ1n) is 4.96. The molecule has 4 nitrogen and oxygen atoms in total. The van der Waals surface area contributed by atoms with Crippen LogP contribution in [-0.4, -0.2) is 12.6 Å². The van der Waals surface area contributed by atoms with Crippen molar-refractivity contribution in [3.8, 4) is 6.07 Å². The van der Waals surface area contributed by atoms with Crippen molar-refractivity contribution in [1.29, 1.82) is 5.26 Å². The summed E-state index contributed by atoms with van der Waals surface area (Å²) < 4.78 is 11.0. The number of hydrogen-bond donors (Lipinski definition) is 0. The van der Waals surface area contributed by atoms with Crippen molar-refractivity contribution in [2.24, 2.45) is 0 Å². The maximum absolute atomic E-state index is 11.6. The Morgan fingerprint density at radius 1 is 1.59 bits per heavy atom. The molecule has 2 rings (SSSR count). The highest BCUT2D eigenvalue weighted by atomic mass is 79.9. The molecule has 0 radical (unpaired) electrons. The van der Waals surface area contributed by atoms with E-state index in [-0.39, 0.29) is 17.9 Å². The van der Waals surface area contributed by atoms with Gasteiger partial charge in [0.25, 0.3) is 0 Å². The second kappa shape index (κ2) is 4.60. The van der Waals surface area contributed by atoms with Crippen LogP contribution in [0.3, 0.4) is 0 Å². The van der Waals surface area contributed by atoms with Crippen LogP contribution in [0.2, 0.25) is 0 Å². The van der Waals surface area contributed by atoms with Gasteiger partial charge in [-0.1, -0.05) is 15.9 Å². The molecule has 5 heteroatoms. The molecule has 0 atom stereocenters. The highest BCUT2D eigenvalue weighted by molar-refractivity contribution is 9.10. The quantitative estimate of drug-likeness (QED) is 0.798. The molecule has 86 valence electrons. The van der Waals surface area contributed by atoms with E-state index >= 15 is 0 Å². The molecular formula is C12H8BrNO3. The first-order valence-corrected chi connectivity index (χ1v) is 5.76. The fourth-order valence-corrected chi connectivity index (χ4v) is 1.86. The van der Waals surface area contributed by atoms with Crippen LogP contribution in [0.25, 0.3) is 11.0 Å². The van der Waals surface area contributed by atoms with Gasteiger partial charge in [0.2, 0.25) is 5.76 Å². The van der Waals surface area contributed by atoms with Crippen molar-refractivity contribution < 1.29 is 13.9 Å². The van der Waals surface area contributed by atoms with Crippen molar-refractivity contribution in [3.63, 3.8) is 0 Å². The van der Waals surface area contributed by atoms with Crippen LogP contribution in [0.15, 0.2) is 27.1 Å². The molecule has 0 unspecified atom stereocenters. The van der Waals surface area contributed by atoms with Gasteiger partial charge in [-0.25, -0.2) is 4.79 Å². The Balaban J connectivity index is 2.64. The zero-order valence-electron chi connectivity index (χ0n) is 8.99. The Labute approximate surface area is 106 Å². The van der Waals surface area contributed by atoms with Gasteiger partial charge < -0.3 is 9.15 Å². The van der Waals surface area contributed by atoms with Gasteiger partial charge in [0, 0.05) is 9.86 Å². The lowest BCUT2D eigenvalue weighted by Crippen LogP contribution is -2.04. The van der Waals surface area contributed by atoms with Crippen LogP contribution < -0.4 is 0 Å². The van der Waals surface area contributed by atoms with Crippen LogP contribution in [0.5, 0.6) is 0 Å². The molecule has 0 aliphatic rings. The van der Waals surface area contributed by atoms with Crippen molar-refractivity contribution in [2.75, 3.05) is 6.61 Å². The summed E-state index contributed by atoms with van der Waals surface area (Å²) in [7, 11) is 0. The summed E-state index contributed by atoms with van der Waals surface area (Å²) in [4.78, 5) is 11.6. The molecule has 0 aliphatic heterocycles. The molecule has 1 aromatic heterocycles. The van der Waals surface area contributed by atoms with Crippen LogP contribution in [0.4, 0.5) is 0 Å². The Hall–Kier alpha value is -1.80. The number of fused-ring (bicyclic) bond motifs is 1. The number of nitrogens with zero attached hydrogens (tertiary/aromatic N) is 1. The van der Waals surface area contributed by atoms with Crippen LogP contribution >= 0.6 is 15.9 Å². The zero-order valence-corrected chi connectivity index (χ0v) is 10.6. The molecule has 17 heavy (non-hydrogen) atoms. The second-order valence-corrected chi connectivity index (χ2v) is 4.19. The lowest BCUT2D eigenvalue weighted by molar-refractivity contribution is 0.0492. The third-order valence-electron chi connectivity index (χ3n) is 2.22. The molecule has 0 aliphatic carbocycles. The summed E-state index contributed by atoms with van der Waals surface area (Å²) in [5.41, 5.74) is 0.699. The molecule has 0 bridgehead atoms. The molecule has 0 saturated carbocycles. The van der Waals surface area contributed by atoms with Crippen LogP contribution in [-0.2, 0) is 4.74 Å². The summed E-state index contributed by atoms with van der Waals surface area (Å²) in [6, 6.07) is 7.19. The first-order chi connectivity index (χ1) is 8.17. The van der Waals surface area contributed by atoms with E-state index in [0.29, 0.717) is 11.0 Å². The topological polar surface area (TPSA) is 63.2 Å². The molecule has 0 fully saturated rings. The summed E-state index contributed by atoms with van der Waals surface area (Å²) in [6.45, 7) is 1.94. The maximum Gasteiger partial charge on any atom is 0.375 e. The predicted molar refractivity (Wildman–Crippen MR) is 64.6 cm³/mol. The van der Waals surface area contributed by atoms with Gasteiger partial charge in [-0.3, -0.25) is 0 Å². The van der Waals surface area contributed by atoms with Crippen molar-refractivity contribution in [2.45, 2.75) is 6.92 Å². The van der Waals surface area contributed by atoms with Crippen molar-refractivity contribution in [3.05, 3.63) is 34.0 Å². The van der Waals surface area contributed by atoms with Gasteiger partial charge >= 0.3 is 5.97 Å². The number of ether oxygens (including phenoxy) is 1. The monoisotopic (exact) mass is 293 g/mol. The predicted octanol–water partition coefficient (Wildman–Crippen LogP) is 3.24. The van der Waals surface area contributed by atoms with E-state index in [1.807, 2.05) is 6.07 Å². The zero-order chi connectivity index (χ0) is 12.4. The van der Waals surface area contributed by atoms with E-state index in [1.165, 1.54) is 0 Å². The van der Waals surface area contributed by atoms with Gasteiger partial charge in [0.15, 0.2) is 0 Å². The summed E-state index contributed by atoms with van der Waals surface area (Å²) in [5, 5.41) is 9.67. The van der Waals surface area contributed by atoms with E-state index < -0.39 is 5.97 Å². The number of halogens is 1. The average molecular weight is 294 g/mol. The Kier molecular flexibility index (Phi) is 3.16. The number of nitriles is 1. The molecule has 2 aromatic rings. The number of esters is 1. The lowest BCUT2D eigenvalue weighted by atomic mass is 10.1. The molecule has 0 N–H and O–H groups in total. The highest BCUT2D eigenvalue weighted by Crippen LogP contribution is 2.28. The summed E-state index contributed by atoms with van der Waals surface area (Å²) in [5.74, 6) is -0.654. The minimum Gasteiger partial charge on any atom is -0.460 e. The van der Waals surface area contributed by atoms with E-state index in [9.17, 15) is 4.79 Å². The first kappa shape index (κ1) is 11.7. The van der Waals surface area contributed by atoms with Gasteiger partial charge in [-0.15, -0.1) is 0 Å². The Morgan fingerprint density at radius 2 is 2.35 bits per heavy atom. The fraction of sp³-hybridized carbons (Fsp3) is 0.167. The van der Waals surface area contributed by atoms with Gasteiger partial charge in [0.05, 0.1) is 6.61 Å². The molecular weight excluding hydrogens is 286 g/mol. The minimum atomic E-state index is -0.614. The third-order valence-corrected chi connectivity index (χ3v) is 2.72. The van der Waals surface area contributed by atoms with Crippen LogP contribution in [0.1, 0.15) is 23.0 Å². The number of furan rings is 1. The van der Waals surface area contributed by atoms with Crippen molar-refractivity contribution >= 4 is 32.9 Å². The van der Waals surface area contributed by atoms with E-state index in [0.717, 1.165) is 4.47 Å². The molecule has 0 amide bonds. The van der Waals surface area contributed by atoms with E-state index in [1.54, 1.807) is 25.1 Å². The number of rotatable bonds is 2. The average Bonchev–Trinajstić information content (AvgIpc) is 2.66. The number of hydrogen-bond acceptors (Lipinski definition) is 4. The second-order valence-electron chi connectivity index (χ2n) is 3.28. The third kappa shape index (κ3) is 2.04. The molecule has 1 aromatic carbocycles. The number of carbonyl (C=O) groups is 1. The lowest BCUT2D eigenvalue weighted by Gasteiger charge is -1.96. The SMILES string of the molecule is CCOC(=O)c1oc2cc(Br)ccc2c1C#N. The minimum absolute atomic E-state index is 0.0394. The van der Waals surface area contributed by atoms with Gasteiger partial charge in [-0.2, -0.15) is 5.26 Å². The summed E-state index contributed by atoms with van der Waals surface area (Å²) in [6.07, 6.45) is 0.